The highest BCUT2D eigenvalue weighted by atomic mass is 32.2. The predicted octanol–water partition coefficient (Wildman–Crippen LogP) is 3.22. The molecule has 1 aromatic heterocycles. The summed E-state index contributed by atoms with van der Waals surface area (Å²) >= 11 is 1.35. The van der Waals surface area contributed by atoms with Gasteiger partial charge in [0.15, 0.2) is 0 Å². The maximum absolute atomic E-state index is 12.4. The minimum Gasteiger partial charge on any atom is -0.354 e. The summed E-state index contributed by atoms with van der Waals surface area (Å²) in [6, 6.07) is 16.5. The highest BCUT2D eigenvalue weighted by Crippen LogP contribution is 2.47. The molecule has 4 rings (SSSR count). The molecule has 0 saturated heterocycles. The fourth-order valence-corrected chi connectivity index (χ4v) is 4.06. The minimum atomic E-state index is 0.00252. The van der Waals surface area contributed by atoms with E-state index >= 15 is 0 Å². The number of nitrogens with one attached hydrogen (secondary N) is 1. The van der Waals surface area contributed by atoms with E-state index in [2.05, 4.69) is 58.1 Å². The Morgan fingerprint density at radius 2 is 1.93 bits per heavy atom. The number of rotatable bonds is 7. The Balaban J connectivity index is 1.36. The predicted molar refractivity (Wildman–Crippen MR) is 110 cm³/mol. The lowest BCUT2D eigenvalue weighted by atomic mass is 9.96. The molecule has 0 bridgehead atoms. The number of carbonyl (C=O) groups excluding carboxylic acids is 1. The molecule has 1 aliphatic carbocycles. The molecule has 6 nitrogen and oxygen atoms in total. The molecular formula is C21H23N5OS. The van der Waals surface area contributed by atoms with Gasteiger partial charge in [-0.25, -0.2) is 0 Å². The third-order valence-corrected chi connectivity index (χ3v) is 6.36. The first-order chi connectivity index (χ1) is 13.6. The Kier molecular flexibility index (Phi) is 5.17. The van der Waals surface area contributed by atoms with Crippen LogP contribution in [-0.2, 0) is 10.2 Å². The topological polar surface area (TPSA) is 72.7 Å². The smallest absolute Gasteiger partial charge is 0.230 e. The van der Waals surface area contributed by atoms with Crippen LogP contribution in [0, 0.1) is 13.8 Å². The number of amides is 1. The zero-order valence-corrected chi connectivity index (χ0v) is 16.9. The number of carbonyl (C=O) groups is 1. The normalized spacial score (nSPS) is 14.6. The van der Waals surface area contributed by atoms with E-state index in [4.69, 9.17) is 0 Å². The zero-order chi connectivity index (χ0) is 19.6. The molecule has 7 heteroatoms. The standard InChI is InChI=1S/C21H23N5OS/c1-15-7-6-10-18(16(15)2)26-20(23-24-25-26)28-13-19(27)22-14-21(11-12-21)17-8-4-3-5-9-17/h3-10H,11-14H2,1-2H3,(H,22,27). The van der Waals surface area contributed by atoms with E-state index in [0.29, 0.717) is 11.7 Å². The van der Waals surface area contributed by atoms with Gasteiger partial charge < -0.3 is 5.32 Å². The Labute approximate surface area is 168 Å². The van der Waals surface area contributed by atoms with Gasteiger partial charge in [-0.3, -0.25) is 4.79 Å². The number of benzene rings is 2. The van der Waals surface area contributed by atoms with Crippen LogP contribution < -0.4 is 5.32 Å². The first-order valence-electron chi connectivity index (χ1n) is 9.39. The van der Waals surface area contributed by atoms with Crippen LogP contribution in [0.15, 0.2) is 53.7 Å². The van der Waals surface area contributed by atoms with Crippen molar-refractivity contribution in [1.82, 2.24) is 25.5 Å². The van der Waals surface area contributed by atoms with Gasteiger partial charge in [0, 0.05) is 12.0 Å². The van der Waals surface area contributed by atoms with Gasteiger partial charge in [0.05, 0.1) is 11.4 Å². The molecule has 0 atom stereocenters. The average Bonchev–Trinajstić information content (AvgIpc) is 3.37. The van der Waals surface area contributed by atoms with Crippen molar-refractivity contribution in [3.63, 3.8) is 0 Å². The van der Waals surface area contributed by atoms with Crippen molar-refractivity contribution in [2.24, 2.45) is 0 Å². The van der Waals surface area contributed by atoms with Crippen molar-refractivity contribution in [3.8, 4) is 5.69 Å². The maximum Gasteiger partial charge on any atom is 0.230 e. The summed E-state index contributed by atoms with van der Waals surface area (Å²) in [5.41, 5.74) is 4.66. The Morgan fingerprint density at radius 1 is 1.14 bits per heavy atom. The van der Waals surface area contributed by atoms with E-state index in [1.165, 1.54) is 22.9 Å². The van der Waals surface area contributed by atoms with Crippen molar-refractivity contribution in [3.05, 3.63) is 65.2 Å². The Morgan fingerprint density at radius 3 is 2.68 bits per heavy atom. The summed E-state index contributed by atoms with van der Waals surface area (Å²) in [6.07, 6.45) is 2.24. The Bertz CT molecular complexity index is 981. The van der Waals surface area contributed by atoms with Crippen molar-refractivity contribution < 1.29 is 4.79 Å². The van der Waals surface area contributed by atoms with E-state index in [-0.39, 0.29) is 17.1 Å². The number of thioether (sulfide) groups is 1. The minimum absolute atomic E-state index is 0.00252. The van der Waals surface area contributed by atoms with Crippen LogP contribution >= 0.6 is 11.8 Å². The van der Waals surface area contributed by atoms with Gasteiger partial charge in [0.25, 0.3) is 0 Å². The van der Waals surface area contributed by atoms with Gasteiger partial charge in [0.2, 0.25) is 11.1 Å². The van der Waals surface area contributed by atoms with Crippen LogP contribution in [-0.4, -0.2) is 38.4 Å². The molecule has 1 amide bonds. The van der Waals surface area contributed by atoms with Crippen LogP contribution in [0.2, 0.25) is 0 Å². The number of nitrogens with zero attached hydrogens (tertiary/aromatic N) is 4. The second-order valence-electron chi connectivity index (χ2n) is 7.30. The second-order valence-corrected chi connectivity index (χ2v) is 8.25. The third-order valence-electron chi connectivity index (χ3n) is 5.44. The van der Waals surface area contributed by atoms with Gasteiger partial charge in [-0.1, -0.05) is 54.2 Å². The van der Waals surface area contributed by atoms with Gasteiger partial charge in [-0.05, 0) is 59.9 Å². The van der Waals surface area contributed by atoms with E-state index in [0.717, 1.165) is 24.1 Å². The summed E-state index contributed by atoms with van der Waals surface area (Å²) in [7, 11) is 0. The lowest BCUT2D eigenvalue weighted by Gasteiger charge is -2.16. The largest absolute Gasteiger partial charge is 0.354 e. The summed E-state index contributed by atoms with van der Waals surface area (Å²) in [5, 5.41) is 15.7. The number of aryl methyl sites for hydroxylation is 1. The van der Waals surface area contributed by atoms with Crippen molar-refractivity contribution in [1.29, 1.82) is 0 Å². The molecule has 0 radical (unpaired) electrons. The zero-order valence-electron chi connectivity index (χ0n) is 16.1. The van der Waals surface area contributed by atoms with E-state index in [1.54, 1.807) is 4.68 Å². The van der Waals surface area contributed by atoms with Gasteiger partial charge >= 0.3 is 0 Å². The summed E-state index contributed by atoms with van der Waals surface area (Å²) in [4.78, 5) is 12.4. The molecule has 1 saturated carbocycles. The molecule has 0 unspecified atom stereocenters. The molecule has 0 aliphatic heterocycles. The second kappa shape index (κ2) is 7.75. The van der Waals surface area contributed by atoms with Crippen LogP contribution in [0.1, 0.15) is 29.5 Å². The molecule has 28 heavy (non-hydrogen) atoms. The van der Waals surface area contributed by atoms with Crippen LogP contribution in [0.5, 0.6) is 0 Å². The van der Waals surface area contributed by atoms with Crippen LogP contribution in [0.4, 0.5) is 0 Å². The van der Waals surface area contributed by atoms with Gasteiger partial charge in [0.1, 0.15) is 0 Å². The monoisotopic (exact) mass is 393 g/mol. The molecule has 0 spiro atoms. The Hall–Kier alpha value is -2.67. The third kappa shape index (κ3) is 3.80. The van der Waals surface area contributed by atoms with Crippen molar-refractivity contribution in [2.75, 3.05) is 12.3 Å². The van der Waals surface area contributed by atoms with Crippen LogP contribution in [0.25, 0.3) is 5.69 Å². The van der Waals surface area contributed by atoms with Crippen molar-refractivity contribution in [2.45, 2.75) is 37.3 Å². The first-order valence-corrected chi connectivity index (χ1v) is 10.4. The summed E-state index contributed by atoms with van der Waals surface area (Å²) < 4.78 is 1.70. The SMILES string of the molecule is Cc1cccc(-n2nnnc2SCC(=O)NCC2(c3ccccc3)CC2)c1C. The number of tetrazole rings is 1. The molecule has 1 fully saturated rings. The molecular weight excluding hydrogens is 370 g/mol. The molecule has 2 aromatic carbocycles. The van der Waals surface area contributed by atoms with Gasteiger partial charge in [-0.15, -0.1) is 5.10 Å². The summed E-state index contributed by atoms with van der Waals surface area (Å²) in [6.45, 7) is 4.79. The van der Waals surface area contributed by atoms with Crippen LogP contribution in [0.3, 0.4) is 0 Å². The fraction of sp³-hybridized carbons (Fsp3) is 0.333. The van der Waals surface area contributed by atoms with Gasteiger partial charge in [-0.2, -0.15) is 4.68 Å². The molecule has 144 valence electrons. The lowest BCUT2D eigenvalue weighted by molar-refractivity contribution is -0.118. The molecule has 3 aromatic rings. The van der Waals surface area contributed by atoms with E-state index in [1.807, 2.05) is 25.1 Å². The molecule has 1 aliphatic rings. The lowest BCUT2D eigenvalue weighted by Crippen LogP contribution is -2.33. The van der Waals surface area contributed by atoms with E-state index < -0.39 is 0 Å². The maximum atomic E-state index is 12.4. The highest BCUT2D eigenvalue weighted by Gasteiger charge is 2.44. The number of aromatic nitrogens is 4. The van der Waals surface area contributed by atoms with E-state index in [9.17, 15) is 4.79 Å². The fourth-order valence-electron chi connectivity index (χ4n) is 3.34. The molecule has 1 heterocycles. The molecule has 1 N–H and O–H groups in total. The first kappa shape index (κ1) is 18.7. The quantitative estimate of drug-likeness (QED) is 0.624. The number of hydrogen-bond acceptors (Lipinski definition) is 5. The summed E-state index contributed by atoms with van der Waals surface area (Å²) in [5.74, 6) is 0.290. The number of hydrogen-bond donors (Lipinski definition) is 1. The average molecular weight is 394 g/mol. The van der Waals surface area contributed by atoms with Crippen molar-refractivity contribution >= 4 is 17.7 Å². The highest BCUT2D eigenvalue weighted by molar-refractivity contribution is 7.99.